The number of aromatic nitrogens is 1. The van der Waals surface area contributed by atoms with E-state index in [4.69, 9.17) is 10.1 Å². The van der Waals surface area contributed by atoms with Crippen molar-refractivity contribution in [3.63, 3.8) is 0 Å². The zero-order valence-corrected chi connectivity index (χ0v) is 17.2. The molecule has 0 bridgehead atoms. The summed E-state index contributed by atoms with van der Waals surface area (Å²) in [6, 6.07) is 0.157. The van der Waals surface area contributed by atoms with Crippen molar-refractivity contribution in [2.75, 3.05) is 13.1 Å². The number of carbonyl (C=O) groups is 2. The summed E-state index contributed by atoms with van der Waals surface area (Å²) in [6.45, 7) is 2.08. The Labute approximate surface area is 170 Å². The Morgan fingerprint density at radius 2 is 1.64 bits per heavy atom. The number of carboxylic acid groups (broad SMARTS) is 1. The van der Waals surface area contributed by atoms with Gasteiger partial charge in [0.1, 0.15) is 0 Å². The second-order valence-electron chi connectivity index (χ2n) is 8.62. The number of nitrogens with one attached hydrogen (secondary N) is 2. The molecule has 4 rings (SSSR count). The van der Waals surface area contributed by atoms with Crippen molar-refractivity contribution in [1.82, 2.24) is 15.6 Å². The van der Waals surface area contributed by atoms with Crippen LogP contribution in [-0.2, 0) is 22.4 Å². The van der Waals surface area contributed by atoms with E-state index in [1.54, 1.807) is 0 Å². The normalized spacial score (nSPS) is 30.9. The summed E-state index contributed by atoms with van der Waals surface area (Å²) in [4.78, 5) is 30.1. The van der Waals surface area contributed by atoms with Crippen molar-refractivity contribution in [2.24, 2.45) is 11.8 Å². The minimum Gasteiger partial charge on any atom is -0.481 e. The highest BCUT2D eigenvalue weighted by Crippen LogP contribution is 2.39. The molecule has 1 aliphatic heterocycles. The molecule has 0 saturated heterocycles. The quantitative estimate of drug-likeness (QED) is 0.716. The molecule has 2 heterocycles. The van der Waals surface area contributed by atoms with Gasteiger partial charge < -0.3 is 15.7 Å². The van der Waals surface area contributed by atoms with Crippen LogP contribution in [0.1, 0.15) is 72.9 Å². The van der Waals surface area contributed by atoms with E-state index < -0.39 is 5.97 Å². The highest BCUT2D eigenvalue weighted by atomic mass is 32.1. The lowest BCUT2D eigenvalue weighted by molar-refractivity contribution is -0.142. The monoisotopic (exact) mass is 405 g/mol. The summed E-state index contributed by atoms with van der Waals surface area (Å²) in [5.41, 5.74) is 1.29. The Kier molecular flexibility index (Phi) is 6.31. The smallest absolute Gasteiger partial charge is 0.306 e. The first kappa shape index (κ1) is 19.8. The zero-order valence-electron chi connectivity index (χ0n) is 16.4. The Balaban J connectivity index is 1.25. The third-order valence-corrected chi connectivity index (χ3v) is 8.05. The Morgan fingerprint density at radius 1 is 0.964 bits per heavy atom. The molecule has 3 N–H and O–H groups in total. The van der Waals surface area contributed by atoms with E-state index in [-0.39, 0.29) is 23.8 Å². The van der Waals surface area contributed by atoms with Gasteiger partial charge >= 0.3 is 5.97 Å². The third-order valence-electron chi connectivity index (χ3n) is 6.73. The number of carboxylic acids is 1. The number of fused-ring (bicyclic) bond motifs is 1. The molecule has 2 fully saturated rings. The summed E-state index contributed by atoms with van der Waals surface area (Å²) in [7, 11) is 0. The fraction of sp³-hybridized carbons (Fsp3) is 0.762. The van der Waals surface area contributed by atoms with E-state index >= 15 is 0 Å². The molecule has 0 atom stereocenters. The summed E-state index contributed by atoms with van der Waals surface area (Å²) < 4.78 is 0. The second kappa shape index (κ2) is 8.91. The molecular formula is C21H31N3O3S. The first-order chi connectivity index (χ1) is 13.6. The molecule has 2 aliphatic carbocycles. The number of rotatable bonds is 4. The van der Waals surface area contributed by atoms with E-state index in [1.165, 1.54) is 15.6 Å². The van der Waals surface area contributed by atoms with Gasteiger partial charge in [-0.05, 0) is 57.8 Å². The zero-order chi connectivity index (χ0) is 19.5. The van der Waals surface area contributed by atoms with Crippen molar-refractivity contribution in [2.45, 2.75) is 76.2 Å². The highest BCUT2D eigenvalue weighted by molar-refractivity contribution is 7.11. The largest absolute Gasteiger partial charge is 0.481 e. The first-order valence-electron chi connectivity index (χ1n) is 10.8. The lowest BCUT2D eigenvalue weighted by Crippen LogP contribution is -2.42. The van der Waals surface area contributed by atoms with Crippen LogP contribution >= 0.6 is 11.3 Å². The summed E-state index contributed by atoms with van der Waals surface area (Å²) in [6.07, 6.45) is 9.04. The van der Waals surface area contributed by atoms with E-state index in [9.17, 15) is 9.59 Å². The van der Waals surface area contributed by atoms with E-state index in [0.29, 0.717) is 18.8 Å². The molecule has 154 valence electrons. The van der Waals surface area contributed by atoms with Gasteiger partial charge in [-0.2, -0.15) is 0 Å². The molecule has 1 aromatic heterocycles. The summed E-state index contributed by atoms with van der Waals surface area (Å²) in [5, 5.41) is 17.0. The van der Waals surface area contributed by atoms with Crippen LogP contribution in [0.2, 0.25) is 0 Å². The van der Waals surface area contributed by atoms with Crippen LogP contribution in [0.15, 0.2) is 0 Å². The van der Waals surface area contributed by atoms with Gasteiger partial charge in [0.05, 0.1) is 16.6 Å². The maximum Gasteiger partial charge on any atom is 0.306 e. The highest BCUT2D eigenvalue weighted by Gasteiger charge is 2.32. The number of thiazole rings is 1. The Bertz CT molecular complexity index is 680. The minimum atomic E-state index is -0.696. The molecular weight excluding hydrogens is 374 g/mol. The number of carbonyl (C=O) groups excluding carboxylic acids is 1. The van der Waals surface area contributed by atoms with Crippen molar-refractivity contribution < 1.29 is 14.7 Å². The second-order valence-corrected chi connectivity index (χ2v) is 9.73. The van der Waals surface area contributed by atoms with Crippen molar-refractivity contribution >= 4 is 23.2 Å². The molecule has 0 aromatic carbocycles. The molecule has 2 saturated carbocycles. The van der Waals surface area contributed by atoms with Crippen molar-refractivity contribution in [1.29, 1.82) is 0 Å². The SMILES string of the molecule is O=C(O)[C@H]1CC[C@H](NC(=O)[C@H]2CC[C@H](c3nc4c(s3)CCNCC4)CC2)CC1. The van der Waals surface area contributed by atoms with Crippen LogP contribution in [0.5, 0.6) is 0 Å². The van der Waals surface area contributed by atoms with Gasteiger partial charge in [0, 0.05) is 42.3 Å². The van der Waals surface area contributed by atoms with Crippen molar-refractivity contribution in [3.05, 3.63) is 15.6 Å². The van der Waals surface area contributed by atoms with Crippen LogP contribution in [0.25, 0.3) is 0 Å². The average molecular weight is 406 g/mol. The van der Waals surface area contributed by atoms with Gasteiger partial charge in [-0.1, -0.05) is 0 Å². The third kappa shape index (κ3) is 4.57. The maximum atomic E-state index is 12.7. The van der Waals surface area contributed by atoms with Gasteiger partial charge in [-0.3, -0.25) is 9.59 Å². The lowest BCUT2D eigenvalue weighted by Gasteiger charge is -2.31. The molecule has 1 aromatic rings. The molecule has 0 radical (unpaired) electrons. The fourth-order valence-electron chi connectivity index (χ4n) is 4.91. The molecule has 0 unspecified atom stereocenters. The van der Waals surface area contributed by atoms with E-state index in [2.05, 4.69) is 10.6 Å². The number of hydrogen-bond acceptors (Lipinski definition) is 5. The van der Waals surface area contributed by atoms with Crippen LogP contribution in [0, 0.1) is 11.8 Å². The average Bonchev–Trinajstić information content (AvgIpc) is 2.99. The van der Waals surface area contributed by atoms with Gasteiger partial charge in [0.25, 0.3) is 0 Å². The molecule has 7 heteroatoms. The minimum absolute atomic E-state index is 0.107. The predicted octanol–water partition coefficient (Wildman–Crippen LogP) is 2.86. The summed E-state index contributed by atoms with van der Waals surface area (Å²) in [5.74, 6) is -0.125. The van der Waals surface area contributed by atoms with Gasteiger partial charge in [-0.15, -0.1) is 11.3 Å². The topological polar surface area (TPSA) is 91.3 Å². The number of aliphatic carboxylic acids is 1. The Hall–Kier alpha value is -1.47. The van der Waals surface area contributed by atoms with Crippen LogP contribution in [0.3, 0.4) is 0 Å². The fourth-order valence-corrected chi connectivity index (χ4v) is 6.19. The summed E-state index contributed by atoms with van der Waals surface area (Å²) >= 11 is 1.90. The maximum absolute atomic E-state index is 12.7. The first-order valence-corrected chi connectivity index (χ1v) is 11.6. The molecule has 0 spiro atoms. The van der Waals surface area contributed by atoms with E-state index in [1.807, 2.05) is 11.3 Å². The number of hydrogen-bond donors (Lipinski definition) is 3. The van der Waals surface area contributed by atoms with Gasteiger partial charge in [0.15, 0.2) is 0 Å². The molecule has 28 heavy (non-hydrogen) atoms. The number of nitrogens with zero attached hydrogens (tertiary/aromatic N) is 1. The molecule has 6 nitrogen and oxygen atoms in total. The van der Waals surface area contributed by atoms with Crippen LogP contribution in [-0.4, -0.2) is 41.1 Å². The Morgan fingerprint density at radius 3 is 2.36 bits per heavy atom. The lowest BCUT2D eigenvalue weighted by atomic mass is 9.81. The number of amides is 1. The van der Waals surface area contributed by atoms with Gasteiger partial charge in [0.2, 0.25) is 5.91 Å². The van der Waals surface area contributed by atoms with Gasteiger partial charge in [-0.25, -0.2) is 4.98 Å². The van der Waals surface area contributed by atoms with Crippen LogP contribution in [0.4, 0.5) is 0 Å². The van der Waals surface area contributed by atoms with Crippen LogP contribution < -0.4 is 10.6 Å². The molecule has 3 aliphatic rings. The van der Waals surface area contributed by atoms with E-state index in [0.717, 1.165) is 64.5 Å². The van der Waals surface area contributed by atoms with Crippen molar-refractivity contribution in [3.8, 4) is 0 Å². The standard InChI is InChI=1S/C21H31N3O3S/c25-19(23-16-7-5-15(6-8-16)21(26)27)13-1-3-14(4-2-13)20-24-17-9-11-22-12-10-18(17)28-20/h13-16,22H,1-12H2,(H,23,25)(H,26,27)/t13-,14-,15-,16-. The predicted molar refractivity (Wildman–Crippen MR) is 109 cm³/mol. The molecule has 1 amide bonds.